The second-order valence-corrected chi connectivity index (χ2v) is 2.96. The Bertz CT molecular complexity index is 200. The molecule has 0 aromatic heterocycles. The number of carbonyl (C=O) groups is 2. The number of allylic oxidation sites excluding steroid dienone is 4. The van der Waals surface area contributed by atoms with Gasteiger partial charge in [-0.05, 0) is 45.3 Å². The molecular weight excluding hydrogens is 164 g/mol. The summed E-state index contributed by atoms with van der Waals surface area (Å²) in [5.74, 6) is 0.165. The maximum atomic E-state index is 10.5. The first kappa shape index (κ1) is 11.8. The number of unbranched alkanes of at least 4 members (excludes halogenated alkanes) is 2. The lowest BCUT2D eigenvalue weighted by atomic mass is 10.2. The Morgan fingerprint density at radius 3 is 1.62 bits per heavy atom. The molecule has 0 N–H and O–H groups in total. The lowest BCUT2D eigenvalue weighted by Gasteiger charge is -1.88. The maximum absolute atomic E-state index is 10.5. The van der Waals surface area contributed by atoms with Gasteiger partial charge in [0.05, 0.1) is 0 Å². The van der Waals surface area contributed by atoms with Crippen LogP contribution in [-0.4, -0.2) is 11.6 Å². The molecule has 0 fully saturated rings. The first-order chi connectivity index (χ1) is 6.13. The van der Waals surface area contributed by atoms with Crippen molar-refractivity contribution >= 4 is 11.6 Å². The van der Waals surface area contributed by atoms with E-state index in [4.69, 9.17) is 0 Å². The van der Waals surface area contributed by atoms with Crippen LogP contribution in [0.3, 0.4) is 0 Å². The van der Waals surface area contributed by atoms with Crippen molar-refractivity contribution in [1.29, 1.82) is 0 Å². The summed E-state index contributed by atoms with van der Waals surface area (Å²) in [6.45, 7) is 3.07. The van der Waals surface area contributed by atoms with Crippen molar-refractivity contribution in [2.75, 3.05) is 0 Å². The first-order valence-corrected chi connectivity index (χ1v) is 4.47. The molecule has 0 saturated carbocycles. The van der Waals surface area contributed by atoms with Gasteiger partial charge in [-0.25, -0.2) is 0 Å². The third kappa shape index (κ3) is 10.8. The molecule has 0 aliphatic carbocycles. The van der Waals surface area contributed by atoms with Gasteiger partial charge in [-0.2, -0.15) is 0 Å². The monoisotopic (exact) mass is 180 g/mol. The van der Waals surface area contributed by atoms with E-state index in [-0.39, 0.29) is 11.6 Å². The summed E-state index contributed by atoms with van der Waals surface area (Å²) in [6, 6.07) is 0. The Balaban J connectivity index is 3.36. The fourth-order valence-corrected chi connectivity index (χ4v) is 0.852. The van der Waals surface area contributed by atoms with Crippen molar-refractivity contribution in [3.05, 3.63) is 24.3 Å². The molecule has 0 aliphatic rings. The average molecular weight is 180 g/mol. The highest BCUT2D eigenvalue weighted by Crippen LogP contribution is 1.98. The van der Waals surface area contributed by atoms with Gasteiger partial charge in [0.2, 0.25) is 0 Å². The van der Waals surface area contributed by atoms with Gasteiger partial charge in [-0.15, -0.1) is 0 Å². The van der Waals surface area contributed by atoms with Crippen molar-refractivity contribution in [3.8, 4) is 0 Å². The van der Waals surface area contributed by atoms with Crippen LogP contribution in [0.2, 0.25) is 0 Å². The molecule has 0 atom stereocenters. The summed E-state index contributed by atoms with van der Waals surface area (Å²) in [6.07, 6.45) is 9.65. The Kier molecular flexibility index (Phi) is 6.79. The van der Waals surface area contributed by atoms with Crippen LogP contribution >= 0.6 is 0 Å². The third-order valence-electron chi connectivity index (χ3n) is 1.45. The normalized spacial score (nSPS) is 11.2. The molecular formula is C11H16O2. The molecule has 0 amide bonds. The summed E-state index contributed by atoms with van der Waals surface area (Å²) in [5, 5.41) is 0. The Hall–Kier alpha value is -1.18. The molecule has 0 heterocycles. The highest BCUT2D eigenvalue weighted by molar-refractivity contribution is 5.87. The highest BCUT2D eigenvalue weighted by atomic mass is 16.1. The van der Waals surface area contributed by atoms with Crippen LogP contribution < -0.4 is 0 Å². The van der Waals surface area contributed by atoms with Gasteiger partial charge in [0.15, 0.2) is 11.6 Å². The number of carbonyl (C=O) groups excluding carboxylic acids is 2. The fourth-order valence-electron chi connectivity index (χ4n) is 0.852. The second-order valence-electron chi connectivity index (χ2n) is 2.96. The van der Waals surface area contributed by atoms with Crippen molar-refractivity contribution in [1.82, 2.24) is 0 Å². The molecule has 13 heavy (non-hydrogen) atoms. The van der Waals surface area contributed by atoms with E-state index in [2.05, 4.69) is 0 Å². The van der Waals surface area contributed by atoms with E-state index in [1.54, 1.807) is 12.2 Å². The Morgan fingerprint density at radius 2 is 1.31 bits per heavy atom. The van der Waals surface area contributed by atoms with Crippen molar-refractivity contribution < 1.29 is 9.59 Å². The van der Waals surface area contributed by atoms with Gasteiger partial charge >= 0.3 is 0 Å². The third-order valence-corrected chi connectivity index (χ3v) is 1.45. The van der Waals surface area contributed by atoms with Crippen LogP contribution in [0.5, 0.6) is 0 Å². The fraction of sp³-hybridized carbons (Fsp3) is 0.455. The van der Waals surface area contributed by atoms with Crippen molar-refractivity contribution in [3.63, 3.8) is 0 Å². The summed E-state index contributed by atoms with van der Waals surface area (Å²) in [4.78, 5) is 21.0. The molecule has 0 aromatic carbocycles. The van der Waals surface area contributed by atoms with Gasteiger partial charge in [0.1, 0.15) is 0 Å². The largest absolute Gasteiger partial charge is 0.295 e. The smallest absolute Gasteiger partial charge is 0.152 e. The molecule has 0 aliphatic heterocycles. The Morgan fingerprint density at radius 1 is 0.923 bits per heavy atom. The van der Waals surface area contributed by atoms with E-state index in [0.717, 1.165) is 19.3 Å². The number of hydrogen-bond donors (Lipinski definition) is 0. The molecule has 2 nitrogen and oxygen atoms in total. The molecule has 0 spiro atoms. The van der Waals surface area contributed by atoms with E-state index in [0.29, 0.717) is 0 Å². The first-order valence-electron chi connectivity index (χ1n) is 4.47. The topological polar surface area (TPSA) is 34.1 Å². The number of rotatable bonds is 6. The van der Waals surface area contributed by atoms with Gasteiger partial charge < -0.3 is 0 Å². The quantitative estimate of drug-likeness (QED) is 0.464. The van der Waals surface area contributed by atoms with Crippen LogP contribution in [0, 0.1) is 0 Å². The van der Waals surface area contributed by atoms with E-state index in [9.17, 15) is 9.59 Å². The summed E-state index contributed by atoms with van der Waals surface area (Å²) < 4.78 is 0. The van der Waals surface area contributed by atoms with Crippen molar-refractivity contribution in [2.45, 2.75) is 33.1 Å². The lowest BCUT2D eigenvalue weighted by molar-refractivity contribution is -0.113. The standard InChI is InChI=1S/C11H16O2/c1-10(12)8-6-4-3-5-7-9-11(2)13/h6-9H,3-5H2,1-2H3/b8-6+,9-7?. The van der Waals surface area contributed by atoms with E-state index in [1.165, 1.54) is 13.8 Å². The zero-order valence-corrected chi connectivity index (χ0v) is 8.25. The second kappa shape index (κ2) is 7.47. The van der Waals surface area contributed by atoms with Crippen LogP contribution in [0.15, 0.2) is 24.3 Å². The molecule has 0 bridgehead atoms. The van der Waals surface area contributed by atoms with Gasteiger partial charge in [0, 0.05) is 0 Å². The molecule has 0 radical (unpaired) electrons. The highest BCUT2D eigenvalue weighted by Gasteiger charge is 1.84. The molecule has 0 rings (SSSR count). The van der Waals surface area contributed by atoms with Gasteiger partial charge in [-0.1, -0.05) is 12.2 Å². The zero-order chi connectivity index (χ0) is 10.1. The van der Waals surface area contributed by atoms with Crippen LogP contribution in [0.1, 0.15) is 33.1 Å². The minimum absolute atomic E-state index is 0.0827. The summed E-state index contributed by atoms with van der Waals surface area (Å²) in [5.41, 5.74) is 0. The van der Waals surface area contributed by atoms with E-state index >= 15 is 0 Å². The van der Waals surface area contributed by atoms with Crippen LogP contribution in [0.4, 0.5) is 0 Å². The van der Waals surface area contributed by atoms with Gasteiger partial charge in [0.25, 0.3) is 0 Å². The predicted molar refractivity (Wildman–Crippen MR) is 53.5 cm³/mol. The van der Waals surface area contributed by atoms with Crippen molar-refractivity contribution in [2.24, 2.45) is 0 Å². The maximum Gasteiger partial charge on any atom is 0.152 e. The van der Waals surface area contributed by atoms with Crippen LogP contribution in [0.25, 0.3) is 0 Å². The van der Waals surface area contributed by atoms with Crippen LogP contribution in [-0.2, 0) is 9.59 Å². The lowest BCUT2D eigenvalue weighted by Crippen LogP contribution is -1.81. The molecule has 0 unspecified atom stereocenters. The SMILES string of the molecule is CC(=O)C=CCCC/C=C/C(C)=O. The molecule has 2 heteroatoms. The van der Waals surface area contributed by atoms with E-state index < -0.39 is 0 Å². The van der Waals surface area contributed by atoms with Gasteiger partial charge in [-0.3, -0.25) is 9.59 Å². The summed E-state index contributed by atoms with van der Waals surface area (Å²) in [7, 11) is 0. The minimum atomic E-state index is 0.0827. The van der Waals surface area contributed by atoms with E-state index in [1.807, 2.05) is 12.2 Å². The average Bonchev–Trinajstić information content (AvgIpc) is 2.01. The molecule has 0 saturated heterocycles. The predicted octanol–water partition coefficient (Wildman–Crippen LogP) is 2.45. The Labute approximate surface area is 79.3 Å². The molecule has 0 aromatic rings. The minimum Gasteiger partial charge on any atom is -0.295 e. The summed E-state index contributed by atoms with van der Waals surface area (Å²) >= 11 is 0. The zero-order valence-electron chi connectivity index (χ0n) is 8.25. The number of ketones is 2. The number of hydrogen-bond acceptors (Lipinski definition) is 2. The molecule has 72 valence electrons.